The summed E-state index contributed by atoms with van der Waals surface area (Å²) in [6.45, 7) is 4.03. The predicted octanol–water partition coefficient (Wildman–Crippen LogP) is 1.75. The van der Waals surface area contributed by atoms with Crippen molar-refractivity contribution in [2.24, 2.45) is 5.92 Å². The molecule has 1 heterocycles. The van der Waals surface area contributed by atoms with E-state index in [0.717, 1.165) is 12.1 Å². The summed E-state index contributed by atoms with van der Waals surface area (Å²) in [6, 6.07) is 2.05. The zero-order valence-electron chi connectivity index (χ0n) is 11.2. The molecule has 18 heavy (non-hydrogen) atoms. The summed E-state index contributed by atoms with van der Waals surface area (Å²) in [7, 11) is 1.74. The zero-order valence-corrected chi connectivity index (χ0v) is 11.2. The molecule has 1 amide bonds. The van der Waals surface area contributed by atoms with Gasteiger partial charge in [-0.1, -0.05) is 13.3 Å². The average Bonchev–Trinajstić information content (AvgIpc) is 3.07. The van der Waals surface area contributed by atoms with Gasteiger partial charge in [-0.15, -0.1) is 0 Å². The van der Waals surface area contributed by atoms with E-state index in [0.29, 0.717) is 23.6 Å². The van der Waals surface area contributed by atoms with Crippen LogP contribution in [0.1, 0.15) is 42.4 Å². The van der Waals surface area contributed by atoms with Crippen LogP contribution >= 0.6 is 0 Å². The lowest BCUT2D eigenvalue weighted by molar-refractivity contribution is 0.0943. The molecule has 0 saturated heterocycles. The van der Waals surface area contributed by atoms with Crippen molar-refractivity contribution < 1.29 is 4.79 Å². The second kappa shape index (κ2) is 5.33. The highest BCUT2D eigenvalue weighted by molar-refractivity contribution is 5.93. The first kappa shape index (κ1) is 12.8. The van der Waals surface area contributed by atoms with Gasteiger partial charge in [0.15, 0.2) is 0 Å². The molecule has 0 aliphatic heterocycles. The molecule has 5 nitrogen and oxygen atoms in total. The third-order valence-electron chi connectivity index (χ3n) is 3.21. The maximum atomic E-state index is 12.0. The summed E-state index contributed by atoms with van der Waals surface area (Å²) in [5, 5.41) is 5.89. The van der Waals surface area contributed by atoms with E-state index in [1.807, 2.05) is 6.92 Å². The minimum Gasteiger partial charge on any atom is -0.357 e. The van der Waals surface area contributed by atoms with Crippen LogP contribution in [0.25, 0.3) is 0 Å². The van der Waals surface area contributed by atoms with Crippen LogP contribution in [0.4, 0.5) is 5.95 Å². The number of aryl methyl sites for hydroxylation is 1. The van der Waals surface area contributed by atoms with Crippen LogP contribution in [-0.4, -0.2) is 29.0 Å². The van der Waals surface area contributed by atoms with Gasteiger partial charge in [0.05, 0.1) is 0 Å². The van der Waals surface area contributed by atoms with Crippen LogP contribution in [0, 0.1) is 12.8 Å². The quantitative estimate of drug-likeness (QED) is 0.833. The summed E-state index contributed by atoms with van der Waals surface area (Å²) >= 11 is 0. The van der Waals surface area contributed by atoms with Gasteiger partial charge < -0.3 is 10.6 Å². The van der Waals surface area contributed by atoms with Gasteiger partial charge in [0.2, 0.25) is 5.95 Å². The Morgan fingerprint density at radius 1 is 1.50 bits per heavy atom. The van der Waals surface area contributed by atoms with E-state index >= 15 is 0 Å². The summed E-state index contributed by atoms with van der Waals surface area (Å²) in [5.74, 6) is 1.05. The number of anilines is 1. The van der Waals surface area contributed by atoms with Gasteiger partial charge in [0, 0.05) is 18.8 Å². The molecule has 0 spiro atoms. The second-order valence-electron chi connectivity index (χ2n) is 4.83. The standard InChI is InChI=1S/C13H20N4O/c1-4-5-9-7-10(9)16-12(18)11-6-8(2)15-13(14-3)17-11/h6,9-10H,4-5,7H2,1-3H3,(H,16,18)(H,14,15,17). The summed E-state index contributed by atoms with van der Waals surface area (Å²) < 4.78 is 0. The predicted molar refractivity (Wildman–Crippen MR) is 70.6 cm³/mol. The van der Waals surface area contributed by atoms with Crippen LogP contribution in [0.15, 0.2) is 6.07 Å². The first-order valence-corrected chi connectivity index (χ1v) is 6.48. The van der Waals surface area contributed by atoms with Gasteiger partial charge in [-0.05, 0) is 31.7 Å². The number of carbonyl (C=O) groups excluding carboxylic acids is 1. The Hall–Kier alpha value is -1.65. The van der Waals surface area contributed by atoms with E-state index < -0.39 is 0 Å². The molecule has 1 aromatic heterocycles. The lowest BCUT2D eigenvalue weighted by Gasteiger charge is -2.06. The molecule has 1 saturated carbocycles. The molecule has 2 N–H and O–H groups in total. The van der Waals surface area contributed by atoms with Gasteiger partial charge in [-0.2, -0.15) is 0 Å². The Kier molecular flexibility index (Phi) is 3.79. The van der Waals surface area contributed by atoms with Crippen LogP contribution in [0.3, 0.4) is 0 Å². The van der Waals surface area contributed by atoms with Crippen molar-refractivity contribution in [3.63, 3.8) is 0 Å². The van der Waals surface area contributed by atoms with E-state index in [9.17, 15) is 4.79 Å². The Balaban J connectivity index is 1.99. The fraction of sp³-hybridized carbons (Fsp3) is 0.615. The highest BCUT2D eigenvalue weighted by Crippen LogP contribution is 2.34. The third-order valence-corrected chi connectivity index (χ3v) is 3.21. The first-order valence-electron chi connectivity index (χ1n) is 6.48. The average molecular weight is 248 g/mol. The smallest absolute Gasteiger partial charge is 0.270 e. The molecule has 1 fully saturated rings. The molecule has 1 aliphatic rings. The number of carbonyl (C=O) groups is 1. The number of nitrogens with one attached hydrogen (secondary N) is 2. The van der Waals surface area contributed by atoms with Gasteiger partial charge in [0.1, 0.15) is 5.69 Å². The van der Waals surface area contributed by atoms with Crippen molar-refractivity contribution in [2.75, 3.05) is 12.4 Å². The number of hydrogen-bond acceptors (Lipinski definition) is 4. The molecule has 98 valence electrons. The number of amides is 1. The maximum Gasteiger partial charge on any atom is 0.270 e. The second-order valence-corrected chi connectivity index (χ2v) is 4.83. The van der Waals surface area contributed by atoms with E-state index in [2.05, 4.69) is 27.5 Å². The molecule has 1 aromatic rings. The molecule has 0 radical (unpaired) electrons. The van der Waals surface area contributed by atoms with Crippen molar-refractivity contribution in [3.8, 4) is 0 Å². The Morgan fingerprint density at radius 3 is 2.94 bits per heavy atom. The van der Waals surface area contributed by atoms with E-state index in [-0.39, 0.29) is 5.91 Å². The monoisotopic (exact) mass is 248 g/mol. The summed E-state index contributed by atoms with van der Waals surface area (Å²) in [5.41, 5.74) is 1.23. The van der Waals surface area contributed by atoms with Crippen LogP contribution in [0.2, 0.25) is 0 Å². The molecular weight excluding hydrogens is 228 g/mol. The Morgan fingerprint density at radius 2 is 2.28 bits per heavy atom. The molecule has 2 atom stereocenters. The largest absolute Gasteiger partial charge is 0.357 e. The highest BCUT2D eigenvalue weighted by atomic mass is 16.2. The van der Waals surface area contributed by atoms with Crippen LogP contribution < -0.4 is 10.6 Å². The Bertz CT molecular complexity index is 447. The van der Waals surface area contributed by atoms with Gasteiger partial charge >= 0.3 is 0 Å². The molecular formula is C13H20N4O. The van der Waals surface area contributed by atoms with E-state index in [4.69, 9.17) is 0 Å². The number of nitrogens with zero attached hydrogens (tertiary/aromatic N) is 2. The molecule has 5 heteroatoms. The van der Waals surface area contributed by atoms with E-state index in [1.165, 1.54) is 12.8 Å². The number of aromatic nitrogens is 2. The SMILES string of the molecule is CCCC1CC1NC(=O)c1cc(C)nc(NC)n1. The van der Waals surface area contributed by atoms with Crippen molar-refractivity contribution in [3.05, 3.63) is 17.5 Å². The molecule has 1 aliphatic carbocycles. The molecule has 2 unspecified atom stereocenters. The van der Waals surface area contributed by atoms with Crippen LogP contribution in [-0.2, 0) is 0 Å². The fourth-order valence-electron chi connectivity index (χ4n) is 2.15. The summed E-state index contributed by atoms with van der Waals surface area (Å²) in [4.78, 5) is 20.4. The van der Waals surface area contributed by atoms with Crippen molar-refractivity contribution in [1.82, 2.24) is 15.3 Å². The van der Waals surface area contributed by atoms with Crippen molar-refractivity contribution in [2.45, 2.75) is 39.2 Å². The molecule has 0 bridgehead atoms. The minimum atomic E-state index is -0.0967. The van der Waals surface area contributed by atoms with E-state index in [1.54, 1.807) is 13.1 Å². The van der Waals surface area contributed by atoms with Crippen LogP contribution in [0.5, 0.6) is 0 Å². The lowest BCUT2D eigenvalue weighted by Crippen LogP contribution is -2.28. The van der Waals surface area contributed by atoms with Gasteiger partial charge in [-0.25, -0.2) is 9.97 Å². The van der Waals surface area contributed by atoms with Crippen molar-refractivity contribution >= 4 is 11.9 Å². The third kappa shape index (κ3) is 2.97. The molecule has 0 aromatic carbocycles. The van der Waals surface area contributed by atoms with Gasteiger partial charge in [-0.3, -0.25) is 4.79 Å². The highest BCUT2D eigenvalue weighted by Gasteiger charge is 2.37. The zero-order chi connectivity index (χ0) is 13.1. The topological polar surface area (TPSA) is 66.9 Å². The molecule has 2 rings (SSSR count). The summed E-state index contributed by atoms with van der Waals surface area (Å²) in [6.07, 6.45) is 3.46. The minimum absolute atomic E-state index is 0.0967. The number of rotatable bonds is 5. The first-order chi connectivity index (χ1) is 8.63. The maximum absolute atomic E-state index is 12.0. The number of hydrogen-bond donors (Lipinski definition) is 2. The normalized spacial score (nSPS) is 21.5. The van der Waals surface area contributed by atoms with Gasteiger partial charge in [0.25, 0.3) is 5.91 Å². The lowest BCUT2D eigenvalue weighted by atomic mass is 10.2. The fourth-order valence-corrected chi connectivity index (χ4v) is 2.15. The Labute approximate surface area is 107 Å². The van der Waals surface area contributed by atoms with Crippen molar-refractivity contribution in [1.29, 1.82) is 0 Å².